The fourth-order valence-electron chi connectivity index (χ4n) is 3.05. The van der Waals surface area contributed by atoms with Gasteiger partial charge in [-0.3, -0.25) is 0 Å². The standard InChI is InChI=1S/C15H16N4O4S/c16-13-10-8(7-1-2-24-5-7)3-19(14(10)18-6-17-13)15-12(22)11(21)9(4-20)23-15/h1-3,5-6,9,11-12,15,20-22H,4H2,(H2,16,17,18)/t9-,11-,12-,15-/m1/s1. The van der Waals surface area contributed by atoms with Crippen molar-refractivity contribution in [1.82, 2.24) is 14.5 Å². The molecule has 0 bridgehead atoms. The van der Waals surface area contributed by atoms with Crippen molar-refractivity contribution in [1.29, 1.82) is 0 Å². The predicted octanol–water partition coefficient (Wildman–Crippen LogP) is 0.353. The van der Waals surface area contributed by atoms with Crippen LogP contribution in [-0.2, 0) is 4.74 Å². The first kappa shape index (κ1) is 15.5. The second kappa shape index (κ2) is 5.80. The van der Waals surface area contributed by atoms with Gasteiger partial charge in [0.2, 0.25) is 0 Å². The summed E-state index contributed by atoms with van der Waals surface area (Å²) in [7, 11) is 0. The highest BCUT2D eigenvalue weighted by atomic mass is 32.1. The summed E-state index contributed by atoms with van der Waals surface area (Å²) in [6.07, 6.45) is -0.983. The SMILES string of the molecule is Nc1ncnc2c1c(-c1ccsc1)cn2[C@@H]1O[C@H](CO)[C@@H](O)[C@H]1O. The number of anilines is 1. The molecule has 3 aromatic rings. The van der Waals surface area contributed by atoms with E-state index in [9.17, 15) is 15.3 Å². The third kappa shape index (κ3) is 2.21. The van der Waals surface area contributed by atoms with Gasteiger partial charge >= 0.3 is 0 Å². The summed E-state index contributed by atoms with van der Waals surface area (Å²) in [4.78, 5) is 8.31. The van der Waals surface area contributed by atoms with Gasteiger partial charge in [0.1, 0.15) is 36.1 Å². The van der Waals surface area contributed by atoms with Gasteiger partial charge in [0.25, 0.3) is 0 Å². The van der Waals surface area contributed by atoms with E-state index in [0.29, 0.717) is 16.9 Å². The monoisotopic (exact) mass is 348 g/mol. The van der Waals surface area contributed by atoms with E-state index in [-0.39, 0.29) is 6.61 Å². The Morgan fingerprint density at radius 1 is 1.29 bits per heavy atom. The number of fused-ring (bicyclic) bond motifs is 1. The molecule has 8 nitrogen and oxygen atoms in total. The minimum atomic E-state index is -1.19. The Balaban J connectivity index is 1.90. The third-order valence-electron chi connectivity index (χ3n) is 4.26. The molecule has 0 aliphatic carbocycles. The van der Waals surface area contributed by atoms with Gasteiger partial charge in [0, 0.05) is 11.8 Å². The molecule has 24 heavy (non-hydrogen) atoms. The zero-order valence-electron chi connectivity index (χ0n) is 12.5. The number of aliphatic hydroxyl groups is 3. The van der Waals surface area contributed by atoms with Crippen molar-refractivity contribution in [3.63, 3.8) is 0 Å². The number of nitrogens with zero attached hydrogens (tertiary/aromatic N) is 3. The number of thiophene rings is 1. The number of aromatic nitrogens is 3. The summed E-state index contributed by atoms with van der Waals surface area (Å²) in [5.74, 6) is 0.326. The molecule has 1 saturated heterocycles. The Hall–Kier alpha value is -2.04. The van der Waals surface area contributed by atoms with Crippen molar-refractivity contribution >= 4 is 28.2 Å². The second-order valence-corrected chi connectivity index (χ2v) is 6.43. The van der Waals surface area contributed by atoms with Crippen molar-refractivity contribution < 1.29 is 20.1 Å². The first-order chi connectivity index (χ1) is 11.6. The Morgan fingerprint density at radius 3 is 2.79 bits per heavy atom. The molecule has 0 unspecified atom stereocenters. The van der Waals surface area contributed by atoms with Crippen LogP contribution in [0.5, 0.6) is 0 Å². The van der Waals surface area contributed by atoms with Gasteiger partial charge in [-0.2, -0.15) is 11.3 Å². The molecular formula is C15H16N4O4S. The fraction of sp³-hybridized carbons (Fsp3) is 0.333. The minimum Gasteiger partial charge on any atom is -0.394 e. The van der Waals surface area contributed by atoms with Gasteiger partial charge in [-0.05, 0) is 22.4 Å². The zero-order valence-corrected chi connectivity index (χ0v) is 13.3. The lowest BCUT2D eigenvalue weighted by molar-refractivity contribution is -0.0508. The minimum absolute atomic E-state index is 0.326. The van der Waals surface area contributed by atoms with Gasteiger partial charge in [-0.1, -0.05) is 0 Å². The van der Waals surface area contributed by atoms with Crippen molar-refractivity contribution in [2.24, 2.45) is 0 Å². The average molecular weight is 348 g/mol. The molecular weight excluding hydrogens is 332 g/mol. The van der Waals surface area contributed by atoms with E-state index in [2.05, 4.69) is 9.97 Å². The average Bonchev–Trinajstić information content (AvgIpc) is 3.28. The molecule has 4 rings (SSSR count). The zero-order chi connectivity index (χ0) is 16.8. The van der Waals surface area contributed by atoms with Crippen LogP contribution in [0.2, 0.25) is 0 Å². The van der Waals surface area contributed by atoms with Crippen LogP contribution < -0.4 is 5.73 Å². The molecule has 1 aliphatic heterocycles. The lowest BCUT2D eigenvalue weighted by atomic mass is 10.1. The van der Waals surface area contributed by atoms with Gasteiger partial charge in [0.15, 0.2) is 6.23 Å². The molecule has 1 fully saturated rings. The van der Waals surface area contributed by atoms with Crippen LogP contribution in [0.1, 0.15) is 6.23 Å². The topological polar surface area (TPSA) is 127 Å². The van der Waals surface area contributed by atoms with Crippen molar-refractivity contribution in [3.8, 4) is 11.1 Å². The van der Waals surface area contributed by atoms with E-state index >= 15 is 0 Å². The summed E-state index contributed by atoms with van der Waals surface area (Å²) < 4.78 is 7.24. The van der Waals surface area contributed by atoms with Crippen LogP contribution >= 0.6 is 11.3 Å². The van der Waals surface area contributed by atoms with Gasteiger partial charge in [-0.25, -0.2) is 9.97 Å². The van der Waals surface area contributed by atoms with E-state index < -0.39 is 24.5 Å². The first-order valence-corrected chi connectivity index (χ1v) is 8.32. The van der Waals surface area contributed by atoms with Crippen LogP contribution in [0.4, 0.5) is 5.82 Å². The number of hydrogen-bond donors (Lipinski definition) is 4. The summed E-state index contributed by atoms with van der Waals surface area (Å²) >= 11 is 1.55. The highest BCUT2D eigenvalue weighted by molar-refractivity contribution is 7.08. The maximum atomic E-state index is 10.3. The first-order valence-electron chi connectivity index (χ1n) is 7.38. The van der Waals surface area contributed by atoms with Gasteiger partial charge in [0.05, 0.1) is 12.0 Å². The molecule has 9 heteroatoms. The summed E-state index contributed by atoms with van der Waals surface area (Å²) in [6.45, 7) is -0.386. The summed E-state index contributed by atoms with van der Waals surface area (Å²) in [5.41, 5.74) is 8.31. The Kier molecular flexibility index (Phi) is 3.74. The van der Waals surface area contributed by atoms with Crippen molar-refractivity contribution in [2.45, 2.75) is 24.5 Å². The van der Waals surface area contributed by atoms with E-state index in [1.54, 1.807) is 22.1 Å². The smallest absolute Gasteiger partial charge is 0.164 e. The van der Waals surface area contributed by atoms with Crippen LogP contribution in [0, 0.1) is 0 Å². The molecule has 126 valence electrons. The van der Waals surface area contributed by atoms with E-state index in [1.807, 2.05) is 16.8 Å². The molecule has 0 amide bonds. The lowest BCUT2D eigenvalue weighted by Crippen LogP contribution is -2.33. The number of rotatable bonds is 3. The highest BCUT2D eigenvalue weighted by Crippen LogP contribution is 2.38. The van der Waals surface area contributed by atoms with E-state index in [4.69, 9.17) is 10.5 Å². The second-order valence-electron chi connectivity index (χ2n) is 5.65. The van der Waals surface area contributed by atoms with Crippen molar-refractivity contribution in [3.05, 3.63) is 29.4 Å². The van der Waals surface area contributed by atoms with Crippen LogP contribution in [0.15, 0.2) is 29.4 Å². The fourth-order valence-corrected chi connectivity index (χ4v) is 3.70. The number of aliphatic hydroxyl groups excluding tert-OH is 3. The van der Waals surface area contributed by atoms with E-state index in [1.165, 1.54) is 6.33 Å². The Labute approximate surface area is 140 Å². The number of hydrogen-bond acceptors (Lipinski definition) is 8. The highest BCUT2D eigenvalue weighted by Gasteiger charge is 2.44. The number of ether oxygens (including phenoxy) is 1. The normalized spacial score (nSPS) is 27.1. The molecule has 0 spiro atoms. The largest absolute Gasteiger partial charge is 0.394 e. The van der Waals surface area contributed by atoms with Crippen LogP contribution in [0.25, 0.3) is 22.2 Å². The Morgan fingerprint density at radius 2 is 2.12 bits per heavy atom. The maximum absolute atomic E-state index is 10.3. The predicted molar refractivity (Wildman–Crippen MR) is 88.3 cm³/mol. The lowest BCUT2D eigenvalue weighted by Gasteiger charge is -2.17. The quantitative estimate of drug-likeness (QED) is 0.538. The number of nitrogens with two attached hydrogens (primary N) is 1. The molecule has 0 radical (unpaired) electrons. The summed E-state index contributed by atoms with van der Waals surface area (Å²) in [5, 5.41) is 34.2. The molecule has 1 aliphatic rings. The van der Waals surface area contributed by atoms with Crippen molar-refractivity contribution in [2.75, 3.05) is 12.3 Å². The molecule has 0 saturated carbocycles. The maximum Gasteiger partial charge on any atom is 0.164 e. The number of nitrogen functional groups attached to an aromatic ring is 1. The third-order valence-corrected chi connectivity index (χ3v) is 4.95. The van der Waals surface area contributed by atoms with Gasteiger partial charge < -0.3 is 30.4 Å². The van der Waals surface area contributed by atoms with Crippen LogP contribution in [-0.4, -0.2) is 54.8 Å². The summed E-state index contributed by atoms with van der Waals surface area (Å²) in [6, 6.07) is 1.95. The molecule has 0 aromatic carbocycles. The molecule has 4 heterocycles. The van der Waals surface area contributed by atoms with E-state index in [0.717, 1.165) is 11.1 Å². The molecule has 3 aromatic heterocycles. The molecule has 4 atom stereocenters. The Bertz CT molecular complexity index is 866. The molecule has 5 N–H and O–H groups in total. The van der Waals surface area contributed by atoms with Gasteiger partial charge in [-0.15, -0.1) is 0 Å². The van der Waals surface area contributed by atoms with Crippen LogP contribution in [0.3, 0.4) is 0 Å².